The zero-order chi connectivity index (χ0) is 38.9. The highest BCUT2D eigenvalue weighted by atomic mass is 16.3. The summed E-state index contributed by atoms with van der Waals surface area (Å²) in [7, 11) is 0. The van der Waals surface area contributed by atoms with Crippen molar-refractivity contribution >= 4 is 82.5 Å². The maximum absolute atomic E-state index is 6.45. The maximum atomic E-state index is 6.45. The fraction of sp³-hybridized carbons (Fsp3) is 0. The molecule has 3 nitrogen and oxygen atoms in total. The van der Waals surface area contributed by atoms with Crippen molar-refractivity contribution in [2.75, 3.05) is 4.90 Å². The Balaban J connectivity index is 0.975. The van der Waals surface area contributed by atoms with Gasteiger partial charge in [-0.3, -0.25) is 0 Å². The Hall–Kier alpha value is -7.88. The highest BCUT2D eigenvalue weighted by molar-refractivity contribution is 6.11. The highest BCUT2D eigenvalue weighted by Gasteiger charge is 2.20. The zero-order valence-electron chi connectivity index (χ0n) is 32.0. The van der Waals surface area contributed by atoms with Gasteiger partial charge in [0.15, 0.2) is 0 Å². The summed E-state index contributed by atoms with van der Waals surface area (Å²) in [5, 5.41) is 9.32. The van der Waals surface area contributed by atoms with Gasteiger partial charge in [-0.05, 0) is 110 Å². The normalized spacial score (nSPS) is 11.7. The van der Waals surface area contributed by atoms with E-state index in [1.54, 1.807) is 0 Å². The Kier molecular flexibility index (Phi) is 7.54. The number of hydrogen-bond donors (Lipinski definition) is 0. The topological polar surface area (TPSA) is 29.5 Å². The van der Waals surface area contributed by atoms with Crippen LogP contribution in [0.3, 0.4) is 0 Å². The van der Waals surface area contributed by atoms with Crippen molar-refractivity contribution in [1.82, 2.24) is 0 Å². The van der Waals surface area contributed by atoms with E-state index < -0.39 is 0 Å². The Morgan fingerprint density at radius 2 is 0.814 bits per heavy atom. The second kappa shape index (κ2) is 13.4. The van der Waals surface area contributed by atoms with Crippen LogP contribution in [0.4, 0.5) is 17.1 Å². The molecule has 0 saturated heterocycles. The molecular formula is C56H35NO2. The van der Waals surface area contributed by atoms with Crippen molar-refractivity contribution in [3.63, 3.8) is 0 Å². The van der Waals surface area contributed by atoms with Crippen LogP contribution < -0.4 is 4.90 Å². The molecule has 276 valence electrons. The lowest BCUT2D eigenvalue weighted by Crippen LogP contribution is -2.11. The van der Waals surface area contributed by atoms with E-state index in [0.29, 0.717) is 0 Å². The van der Waals surface area contributed by atoms with E-state index in [-0.39, 0.29) is 0 Å². The van der Waals surface area contributed by atoms with Crippen molar-refractivity contribution in [1.29, 1.82) is 0 Å². The van der Waals surface area contributed by atoms with Crippen LogP contribution in [-0.2, 0) is 0 Å². The van der Waals surface area contributed by atoms with Crippen LogP contribution >= 0.6 is 0 Å². The third-order valence-corrected chi connectivity index (χ3v) is 11.9. The summed E-state index contributed by atoms with van der Waals surface area (Å²) in [5.41, 5.74) is 13.6. The molecule has 59 heavy (non-hydrogen) atoms. The fourth-order valence-electron chi connectivity index (χ4n) is 8.95. The van der Waals surface area contributed by atoms with Gasteiger partial charge in [-0.1, -0.05) is 146 Å². The van der Waals surface area contributed by atoms with Crippen molar-refractivity contribution < 1.29 is 8.83 Å². The number of hydrogen-bond acceptors (Lipinski definition) is 3. The average molecular weight is 754 g/mol. The van der Waals surface area contributed by atoms with Gasteiger partial charge in [-0.2, -0.15) is 0 Å². The minimum atomic E-state index is 0.854. The average Bonchev–Trinajstić information content (AvgIpc) is 3.85. The highest BCUT2D eigenvalue weighted by Crippen LogP contribution is 2.44. The summed E-state index contributed by atoms with van der Waals surface area (Å²) in [4.78, 5) is 2.35. The van der Waals surface area contributed by atoms with E-state index in [2.05, 4.69) is 205 Å². The molecule has 12 aromatic rings. The first kappa shape index (κ1) is 33.3. The Morgan fingerprint density at radius 1 is 0.271 bits per heavy atom. The van der Waals surface area contributed by atoms with Crippen LogP contribution in [0.1, 0.15) is 0 Å². The number of benzene rings is 10. The van der Waals surface area contributed by atoms with Crippen LogP contribution in [0.2, 0.25) is 0 Å². The van der Waals surface area contributed by atoms with Gasteiger partial charge >= 0.3 is 0 Å². The molecule has 0 aliphatic carbocycles. The molecule has 0 atom stereocenters. The lowest BCUT2D eigenvalue weighted by atomic mass is 9.96. The molecular weight excluding hydrogens is 719 g/mol. The molecule has 3 heteroatoms. The van der Waals surface area contributed by atoms with Gasteiger partial charge in [0.25, 0.3) is 0 Å². The zero-order valence-corrected chi connectivity index (χ0v) is 32.0. The smallest absolute Gasteiger partial charge is 0.137 e. The number of anilines is 3. The molecule has 0 aliphatic rings. The standard InChI is InChI=1S/C56H35NO2/c1-2-12-41-34-55-51(32-40(41)11-1)50-33-42(26-31-54(50)59-55)47-15-5-7-18-52(47)57(44-29-30-49-48-16-6-8-19-53(48)58-56(49)35-44)43-27-24-37(25-28-43)36-20-22-39(23-21-36)46-17-9-13-38-10-3-4-14-45(38)46/h1-35H. The maximum Gasteiger partial charge on any atom is 0.137 e. The van der Waals surface area contributed by atoms with Gasteiger partial charge < -0.3 is 13.7 Å². The van der Waals surface area contributed by atoms with Crippen molar-refractivity contribution in [3.8, 4) is 33.4 Å². The first-order valence-corrected chi connectivity index (χ1v) is 20.1. The fourth-order valence-corrected chi connectivity index (χ4v) is 8.95. The van der Waals surface area contributed by atoms with E-state index in [4.69, 9.17) is 8.83 Å². The van der Waals surface area contributed by atoms with E-state index in [1.165, 1.54) is 38.2 Å². The molecule has 2 heterocycles. The van der Waals surface area contributed by atoms with Crippen LogP contribution in [0.15, 0.2) is 221 Å². The van der Waals surface area contributed by atoms with Crippen LogP contribution in [0.25, 0.3) is 98.8 Å². The summed E-state index contributed by atoms with van der Waals surface area (Å²) < 4.78 is 12.9. The predicted molar refractivity (Wildman–Crippen MR) is 247 cm³/mol. The number of furan rings is 2. The number of rotatable bonds is 6. The van der Waals surface area contributed by atoms with Gasteiger partial charge in [0.05, 0.1) is 5.69 Å². The third kappa shape index (κ3) is 5.59. The molecule has 0 radical (unpaired) electrons. The molecule has 10 aromatic carbocycles. The molecule has 0 saturated carbocycles. The summed E-state index contributed by atoms with van der Waals surface area (Å²) in [5.74, 6) is 0. The Bertz CT molecular complexity index is 3550. The van der Waals surface area contributed by atoms with Crippen LogP contribution in [0, 0.1) is 0 Å². The minimum Gasteiger partial charge on any atom is -0.456 e. The summed E-state index contributed by atoms with van der Waals surface area (Å²) in [6.07, 6.45) is 0. The van der Waals surface area contributed by atoms with E-state index in [1.807, 2.05) is 12.1 Å². The molecule has 0 fully saturated rings. The SMILES string of the molecule is c1ccc(N(c2ccc(-c3ccc(-c4cccc5ccccc45)cc3)cc2)c2ccc3c(c2)oc2ccccc23)c(-c2ccc3oc4cc5ccccc5cc4c3c2)c1. The largest absolute Gasteiger partial charge is 0.456 e. The molecule has 0 aliphatic heterocycles. The first-order chi connectivity index (χ1) is 29.2. The molecule has 0 N–H and O–H groups in total. The minimum absolute atomic E-state index is 0.854. The third-order valence-electron chi connectivity index (χ3n) is 11.9. The van der Waals surface area contributed by atoms with Crippen molar-refractivity contribution in [3.05, 3.63) is 212 Å². The molecule has 0 bridgehead atoms. The number of nitrogens with zero attached hydrogens (tertiary/aromatic N) is 1. The second-order valence-electron chi connectivity index (χ2n) is 15.3. The van der Waals surface area contributed by atoms with E-state index in [0.717, 1.165) is 77.6 Å². The molecule has 12 rings (SSSR count). The van der Waals surface area contributed by atoms with Gasteiger partial charge in [0, 0.05) is 44.5 Å². The first-order valence-electron chi connectivity index (χ1n) is 20.1. The number of para-hydroxylation sites is 2. The molecule has 0 spiro atoms. The van der Waals surface area contributed by atoms with Crippen LogP contribution in [0.5, 0.6) is 0 Å². The Labute approximate surface area is 340 Å². The summed E-state index contributed by atoms with van der Waals surface area (Å²) in [6, 6.07) is 75.8. The van der Waals surface area contributed by atoms with E-state index in [9.17, 15) is 0 Å². The van der Waals surface area contributed by atoms with Crippen molar-refractivity contribution in [2.45, 2.75) is 0 Å². The van der Waals surface area contributed by atoms with Crippen molar-refractivity contribution in [2.24, 2.45) is 0 Å². The monoisotopic (exact) mass is 753 g/mol. The second-order valence-corrected chi connectivity index (χ2v) is 15.3. The van der Waals surface area contributed by atoms with Crippen LogP contribution in [-0.4, -0.2) is 0 Å². The Morgan fingerprint density at radius 3 is 1.64 bits per heavy atom. The molecule has 0 amide bonds. The molecule has 0 unspecified atom stereocenters. The lowest BCUT2D eigenvalue weighted by Gasteiger charge is -2.28. The van der Waals surface area contributed by atoms with Gasteiger partial charge in [0.2, 0.25) is 0 Å². The number of fused-ring (bicyclic) bond motifs is 8. The molecule has 2 aromatic heterocycles. The quantitative estimate of drug-likeness (QED) is 0.169. The lowest BCUT2D eigenvalue weighted by molar-refractivity contribution is 0.669. The summed E-state index contributed by atoms with van der Waals surface area (Å²) >= 11 is 0. The van der Waals surface area contributed by atoms with E-state index >= 15 is 0 Å². The summed E-state index contributed by atoms with van der Waals surface area (Å²) in [6.45, 7) is 0. The van der Waals surface area contributed by atoms with Gasteiger partial charge in [-0.15, -0.1) is 0 Å². The predicted octanol–water partition coefficient (Wildman–Crippen LogP) is 16.3. The van der Waals surface area contributed by atoms with Gasteiger partial charge in [0.1, 0.15) is 22.3 Å². The van der Waals surface area contributed by atoms with Gasteiger partial charge in [-0.25, -0.2) is 0 Å².